The van der Waals surface area contributed by atoms with Gasteiger partial charge < -0.3 is 5.21 Å². The number of pyridine rings is 1. The van der Waals surface area contributed by atoms with Gasteiger partial charge in [0.05, 0.1) is 0 Å². The van der Waals surface area contributed by atoms with Crippen molar-refractivity contribution >= 4 is 22.4 Å². The molecule has 1 amide bonds. The number of amides is 1. The van der Waals surface area contributed by atoms with Crippen LogP contribution in [0.4, 0.5) is 5.13 Å². The highest BCUT2D eigenvalue weighted by molar-refractivity contribution is 7.15. The molecule has 7 heteroatoms. The minimum atomic E-state index is -0.482. The number of carbonyl (C=O) groups is 1. The van der Waals surface area contributed by atoms with Gasteiger partial charge >= 0.3 is 5.91 Å². The lowest BCUT2D eigenvalue weighted by Gasteiger charge is -2.02. The maximum Gasteiger partial charge on any atom is 0.323 e. The van der Waals surface area contributed by atoms with Gasteiger partial charge in [-0.1, -0.05) is 18.3 Å². The maximum absolute atomic E-state index is 11.8. The quantitative estimate of drug-likeness (QED) is 0.668. The fourth-order valence-corrected chi connectivity index (χ4v) is 2.22. The molecule has 0 fully saturated rings. The monoisotopic (exact) mass is 264 g/mol. The summed E-state index contributed by atoms with van der Waals surface area (Å²) >= 11 is 1.32. The Morgan fingerprint density at radius 2 is 2.33 bits per heavy atom. The van der Waals surface area contributed by atoms with E-state index in [4.69, 9.17) is 0 Å². The number of anilines is 1. The third kappa shape index (κ3) is 2.80. The van der Waals surface area contributed by atoms with E-state index in [1.807, 2.05) is 6.92 Å². The largest absolute Gasteiger partial charge is 0.618 e. The topological polar surface area (TPSA) is 81.8 Å². The van der Waals surface area contributed by atoms with Gasteiger partial charge in [-0.25, -0.2) is 0 Å². The zero-order valence-electron chi connectivity index (χ0n) is 9.79. The standard InChI is InChI=1S/C11H12N4O2S/c1-2-5-9-13-14-11(18-9)12-10(16)8-6-3-4-7-15(8)17/h3-4,6-7H,2,5H2,1H3,(H,12,14,16). The molecule has 0 aliphatic heterocycles. The Hall–Kier alpha value is -2.02. The molecule has 0 aliphatic carbocycles. The molecule has 94 valence electrons. The molecule has 1 N–H and O–H groups in total. The van der Waals surface area contributed by atoms with Crippen molar-refractivity contribution in [3.8, 4) is 0 Å². The van der Waals surface area contributed by atoms with Crippen LogP contribution in [0.15, 0.2) is 24.4 Å². The Morgan fingerprint density at radius 3 is 3.06 bits per heavy atom. The molecule has 6 nitrogen and oxygen atoms in total. The van der Waals surface area contributed by atoms with Crippen molar-refractivity contribution in [2.75, 3.05) is 5.32 Å². The molecular weight excluding hydrogens is 252 g/mol. The first-order valence-corrected chi connectivity index (χ1v) is 6.34. The van der Waals surface area contributed by atoms with Crippen molar-refractivity contribution in [2.24, 2.45) is 0 Å². The third-order valence-electron chi connectivity index (χ3n) is 2.21. The summed E-state index contributed by atoms with van der Waals surface area (Å²) in [5, 5.41) is 23.0. The first kappa shape index (κ1) is 12.4. The second-order valence-corrected chi connectivity index (χ2v) is 4.68. The molecule has 0 bridgehead atoms. The number of aryl methyl sites for hydroxylation is 1. The average molecular weight is 264 g/mol. The Morgan fingerprint density at radius 1 is 1.50 bits per heavy atom. The summed E-state index contributed by atoms with van der Waals surface area (Å²) in [6.45, 7) is 2.05. The maximum atomic E-state index is 11.8. The van der Waals surface area contributed by atoms with Gasteiger partial charge in [-0.2, -0.15) is 4.73 Å². The SMILES string of the molecule is CCCc1nnc(NC(=O)c2cccc[n+]2[O-])s1. The fraction of sp³-hybridized carbons (Fsp3) is 0.273. The smallest absolute Gasteiger partial charge is 0.323 e. The van der Waals surface area contributed by atoms with Gasteiger partial charge in [-0.3, -0.25) is 10.1 Å². The van der Waals surface area contributed by atoms with Crippen LogP contribution in [0.2, 0.25) is 0 Å². The van der Waals surface area contributed by atoms with E-state index in [0.29, 0.717) is 9.86 Å². The molecule has 0 radical (unpaired) electrons. The predicted molar refractivity (Wildman–Crippen MR) is 67.3 cm³/mol. The van der Waals surface area contributed by atoms with Crippen molar-refractivity contribution in [3.05, 3.63) is 40.3 Å². The molecule has 2 heterocycles. The van der Waals surface area contributed by atoms with Crippen LogP contribution in [-0.4, -0.2) is 16.1 Å². The van der Waals surface area contributed by atoms with Crippen LogP contribution in [-0.2, 0) is 6.42 Å². The zero-order valence-corrected chi connectivity index (χ0v) is 10.6. The molecule has 2 aromatic rings. The van der Waals surface area contributed by atoms with E-state index in [0.717, 1.165) is 17.8 Å². The van der Waals surface area contributed by atoms with Crippen molar-refractivity contribution < 1.29 is 9.52 Å². The van der Waals surface area contributed by atoms with Crippen LogP contribution in [0.5, 0.6) is 0 Å². The van der Waals surface area contributed by atoms with Crippen molar-refractivity contribution in [1.82, 2.24) is 10.2 Å². The minimum absolute atomic E-state index is 0.0322. The first-order valence-electron chi connectivity index (χ1n) is 5.52. The Labute approximate surface area is 108 Å². The lowest BCUT2D eigenvalue weighted by Crippen LogP contribution is -2.36. The number of carbonyl (C=O) groups excluding carboxylic acids is 1. The van der Waals surface area contributed by atoms with E-state index in [-0.39, 0.29) is 5.69 Å². The van der Waals surface area contributed by atoms with E-state index in [1.165, 1.54) is 23.6 Å². The lowest BCUT2D eigenvalue weighted by atomic mass is 10.3. The van der Waals surface area contributed by atoms with Crippen LogP contribution in [0.3, 0.4) is 0 Å². The second-order valence-electron chi connectivity index (χ2n) is 3.62. The highest BCUT2D eigenvalue weighted by atomic mass is 32.1. The van der Waals surface area contributed by atoms with E-state index in [2.05, 4.69) is 15.5 Å². The zero-order chi connectivity index (χ0) is 13.0. The van der Waals surface area contributed by atoms with Gasteiger partial charge in [0.25, 0.3) is 5.69 Å². The van der Waals surface area contributed by atoms with Gasteiger partial charge in [-0.15, -0.1) is 10.2 Å². The van der Waals surface area contributed by atoms with Crippen molar-refractivity contribution in [3.63, 3.8) is 0 Å². The average Bonchev–Trinajstić information content (AvgIpc) is 2.77. The molecular formula is C11H12N4O2S. The van der Waals surface area contributed by atoms with Gasteiger partial charge in [0.2, 0.25) is 5.13 Å². The van der Waals surface area contributed by atoms with E-state index in [1.54, 1.807) is 12.1 Å². The number of nitrogens with zero attached hydrogens (tertiary/aromatic N) is 3. The highest BCUT2D eigenvalue weighted by Crippen LogP contribution is 2.16. The molecule has 0 spiro atoms. The van der Waals surface area contributed by atoms with Gasteiger partial charge in [0.1, 0.15) is 5.01 Å². The predicted octanol–water partition coefficient (Wildman–Crippen LogP) is 1.38. The van der Waals surface area contributed by atoms with Crippen molar-refractivity contribution in [2.45, 2.75) is 19.8 Å². The minimum Gasteiger partial charge on any atom is -0.618 e. The van der Waals surface area contributed by atoms with Crippen LogP contribution in [0.1, 0.15) is 28.8 Å². The summed E-state index contributed by atoms with van der Waals surface area (Å²) in [5.74, 6) is -0.482. The number of hydrogen-bond acceptors (Lipinski definition) is 5. The second kappa shape index (κ2) is 5.54. The molecule has 0 atom stereocenters. The Kier molecular flexibility index (Phi) is 3.83. The van der Waals surface area contributed by atoms with Crippen LogP contribution in [0, 0.1) is 5.21 Å². The van der Waals surface area contributed by atoms with Crippen molar-refractivity contribution in [1.29, 1.82) is 0 Å². The third-order valence-corrected chi connectivity index (χ3v) is 3.11. The molecule has 18 heavy (non-hydrogen) atoms. The molecule has 0 saturated carbocycles. The van der Waals surface area contributed by atoms with E-state index < -0.39 is 5.91 Å². The highest BCUT2D eigenvalue weighted by Gasteiger charge is 2.16. The molecule has 0 unspecified atom stereocenters. The molecule has 2 aromatic heterocycles. The Balaban J connectivity index is 2.09. The first-order chi connectivity index (χ1) is 8.70. The summed E-state index contributed by atoms with van der Waals surface area (Å²) in [7, 11) is 0. The summed E-state index contributed by atoms with van der Waals surface area (Å²) < 4.78 is 0.517. The van der Waals surface area contributed by atoms with Crippen LogP contribution >= 0.6 is 11.3 Å². The van der Waals surface area contributed by atoms with E-state index in [9.17, 15) is 10.0 Å². The molecule has 2 rings (SSSR count). The summed E-state index contributed by atoms with van der Waals surface area (Å²) in [6.07, 6.45) is 3.08. The van der Waals surface area contributed by atoms with E-state index >= 15 is 0 Å². The van der Waals surface area contributed by atoms with Gasteiger partial charge in [0, 0.05) is 18.6 Å². The molecule has 0 aliphatic rings. The van der Waals surface area contributed by atoms with Crippen LogP contribution in [0.25, 0.3) is 0 Å². The number of aromatic nitrogens is 3. The van der Waals surface area contributed by atoms with Gasteiger partial charge in [0.15, 0.2) is 6.20 Å². The molecule has 0 saturated heterocycles. The number of rotatable bonds is 4. The molecule has 0 aromatic carbocycles. The normalized spacial score (nSPS) is 10.3. The van der Waals surface area contributed by atoms with Gasteiger partial charge in [-0.05, 0) is 12.5 Å². The number of hydrogen-bond donors (Lipinski definition) is 1. The lowest BCUT2D eigenvalue weighted by molar-refractivity contribution is -0.607. The summed E-state index contributed by atoms with van der Waals surface area (Å²) in [6, 6.07) is 4.65. The number of nitrogens with one attached hydrogen (secondary N) is 1. The Bertz CT molecular complexity index is 555. The van der Waals surface area contributed by atoms with Crippen LogP contribution < -0.4 is 10.0 Å². The fourth-order valence-electron chi connectivity index (χ4n) is 1.38. The summed E-state index contributed by atoms with van der Waals surface area (Å²) in [5.41, 5.74) is 0.0322. The summed E-state index contributed by atoms with van der Waals surface area (Å²) in [4.78, 5) is 11.8.